The zero-order valence-corrected chi connectivity index (χ0v) is 14.4. The van der Waals surface area contributed by atoms with Crippen LogP contribution in [0.15, 0.2) is 23.7 Å². The Morgan fingerprint density at radius 3 is 2.90 bits per heavy atom. The Kier molecular flexibility index (Phi) is 6.41. The van der Waals surface area contributed by atoms with Crippen molar-refractivity contribution in [3.63, 3.8) is 0 Å². The van der Waals surface area contributed by atoms with Gasteiger partial charge in [0.25, 0.3) is 5.91 Å². The first-order valence-corrected chi connectivity index (χ1v) is 7.42. The first kappa shape index (κ1) is 18.2. The second-order valence-corrected chi connectivity index (χ2v) is 5.90. The predicted molar refractivity (Wildman–Crippen MR) is 92.1 cm³/mol. The van der Waals surface area contributed by atoms with Crippen LogP contribution in [0.2, 0.25) is 0 Å². The third kappa shape index (κ3) is 3.48. The smallest absolute Gasteiger partial charge is 0.254 e. The van der Waals surface area contributed by atoms with E-state index in [4.69, 9.17) is 0 Å². The van der Waals surface area contributed by atoms with Crippen LogP contribution in [-0.4, -0.2) is 41.0 Å². The molecule has 1 aliphatic rings. The summed E-state index contributed by atoms with van der Waals surface area (Å²) in [5, 5.41) is 3.39. The van der Waals surface area contributed by atoms with Crippen molar-refractivity contribution >= 4 is 52.3 Å². The molecule has 1 aromatic carbocycles. The SMILES string of the molecule is CC1NCCN(C(=O)c2ccc3ncsc3c2)C1C.Cl.Cl. The molecule has 21 heavy (non-hydrogen) atoms. The average molecular weight is 348 g/mol. The Morgan fingerprint density at radius 1 is 1.38 bits per heavy atom. The molecule has 0 aliphatic carbocycles. The Morgan fingerprint density at radius 2 is 2.14 bits per heavy atom. The second-order valence-electron chi connectivity index (χ2n) is 5.02. The number of rotatable bonds is 1. The number of nitrogens with zero attached hydrogens (tertiary/aromatic N) is 2. The van der Waals surface area contributed by atoms with Gasteiger partial charge in [0, 0.05) is 30.7 Å². The molecule has 0 spiro atoms. The standard InChI is InChI=1S/C14H17N3OS.2ClH/c1-9-10(2)17(6-5-15-9)14(18)11-3-4-12-13(7-11)19-8-16-12;;/h3-4,7-10,15H,5-6H2,1-2H3;2*1H. The van der Waals surface area contributed by atoms with Crippen LogP contribution >= 0.6 is 36.2 Å². The van der Waals surface area contributed by atoms with E-state index in [1.54, 1.807) is 11.3 Å². The van der Waals surface area contributed by atoms with Crippen LogP contribution in [0.5, 0.6) is 0 Å². The molecule has 4 nitrogen and oxygen atoms in total. The maximum absolute atomic E-state index is 12.6. The quantitative estimate of drug-likeness (QED) is 0.862. The summed E-state index contributed by atoms with van der Waals surface area (Å²) in [6.07, 6.45) is 0. The van der Waals surface area contributed by atoms with Crippen molar-refractivity contribution in [3.05, 3.63) is 29.3 Å². The normalized spacial score (nSPS) is 21.5. The van der Waals surface area contributed by atoms with Crippen LogP contribution in [0.25, 0.3) is 10.2 Å². The van der Waals surface area contributed by atoms with E-state index in [9.17, 15) is 4.79 Å². The molecule has 7 heteroatoms. The van der Waals surface area contributed by atoms with E-state index in [0.29, 0.717) is 6.04 Å². The van der Waals surface area contributed by atoms with E-state index in [1.165, 1.54) is 0 Å². The first-order chi connectivity index (χ1) is 9.16. The number of fused-ring (bicyclic) bond motifs is 1. The van der Waals surface area contributed by atoms with Gasteiger partial charge in [0.1, 0.15) is 0 Å². The summed E-state index contributed by atoms with van der Waals surface area (Å²) in [6, 6.07) is 6.32. The van der Waals surface area contributed by atoms with Crippen LogP contribution in [0.4, 0.5) is 0 Å². The lowest BCUT2D eigenvalue weighted by molar-refractivity contribution is 0.0603. The fourth-order valence-corrected chi connectivity index (χ4v) is 3.21. The zero-order valence-electron chi connectivity index (χ0n) is 11.9. The van der Waals surface area contributed by atoms with Crippen molar-refractivity contribution in [2.75, 3.05) is 13.1 Å². The molecule has 2 aromatic rings. The lowest BCUT2D eigenvalue weighted by Gasteiger charge is -2.38. The third-order valence-corrected chi connectivity index (χ3v) is 4.67. The molecule has 1 aromatic heterocycles. The number of piperazine rings is 1. The minimum atomic E-state index is 0. The van der Waals surface area contributed by atoms with Gasteiger partial charge >= 0.3 is 0 Å². The monoisotopic (exact) mass is 347 g/mol. The highest BCUT2D eigenvalue weighted by Gasteiger charge is 2.28. The summed E-state index contributed by atoms with van der Waals surface area (Å²) in [7, 11) is 0. The summed E-state index contributed by atoms with van der Waals surface area (Å²) in [4.78, 5) is 18.8. The van der Waals surface area contributed by atoms with Crippen molar-refractivity contribution in [3.8, 4) is 0 Å². The van der Waals surface area contributed by atoms with E-state index in [2.05, 4.69) is 24.1 Å². The zero-order chi connectivity index (χ0) is 13.4. The number of halogens is 2. The van der Waals surface area contributed by atoms with Crippen LogP contribution in [0.1, 0.15) is 24.2 Å². The molecule has 1 amide bonds. The van der Waals surface area contributed by atoms with Gasteiger partial charge in [0.05, 0.1) is 15.7 Å². The number of benzene rings is 1. The molecular formula is C14H19Cl2N3OS. The fraction of sp³-hybridized carbons (Fsp3) is 0.429. The van der Waals surface area contributed by atoms with E-state index in [-0.39, 0.29) is 36.8 Å². The first-order valence-electron chi connectivity index (χ1n) is 6.54. The number of hydrogen-bond acceptors (Lipinski definition) is 4. The Labute approximate surface area is 140 Å². The minimum absolute atomic E-state index is 0. The number of carbonyl (C=O) groups is 1. The number of nitrogens with one attached hydrogen (secondary N) is 1. The molecule has 2 unspecified atom stereocenters. The lowest BCUT2D eigenvalue weighted by Crippen LogP contribution is -2.57. The molecule has 1 N–H and O–H groups in total. The minimum Gasteiger partial charge on any atom is -0.333 e. The maximum atomic E-state index is 12.6. The maximum Gasteiger partial charge on any atom is 0.254 e. The summed E-state index contributed by atoms with van der Waals surface area (Å²) < 4.78 is 1.07. The topological polar surface area (TPSA) is 45.2 Å². The van der Waals surface area contributed by atoms with Crippen molar-refractivity contribution in [1.82, 2.24) is 15.2 Å². The van der Waals surface area contributed by atoms with Crippen molar-refractivity contribution < 1.29 is 4.79 Å². The number of aromatic nitrogens is 1. The van der Waals surface area contributed by atoms with Gasteiger partial charge < -0.3 is 10.2 Å². The molecule has 116 valence electrons. The highest BCUT2D eigenvalue weighted by molar-refractivity contribution is 7.16. The number of amides is 1. The van der Waals surface area contributed by atoms with Crippen molar-refractivity contribution in [2.24, 2.45) is 0 Å². The molecule has 0 saturated carbocycles. The second kappa shape index (κ2) is 7.40. The van der Waals surface area contributed by atoms with Gasteiger partial charge in [0.15, 0.2) is 0 Å². The van der Waals surface area contributed by atoms with Gasteiger partial charge in [-0.3, -0.25) is 4.79 Å². The van der Waals surface area contributed by atoms with Crippen molar-refractivity contribution in [1.29, 1.82) is 0 Å². The van der Waals surface area contributed by atoms with E-state index >= 15 is 0 Å². The van der Waals surface area contributed by atoms with Gasteiger partial charge in [0.2, 0.25) is 0 Å². The highest BCUT2D eigenvalue weighted by atomic mass is 35.5. The predicted octanol–water partition coefficient (Wildman–Crippen LogP) is 2.96. The number of thiazole rings is 1. The largest absolute Gasteiger partial charge is 0.333 e. The highest BCUT2D eigenvalue weighted by Crippen LogP contribution is 2.21. The van der Waals surface area contributed by atoms with Gasteiger partial charge in [-0.25, -0.2) is 4.98 Å². The Balaban J connectivity index is 0.00000110. The van der Waals surface area contributed by atoms with Crippen molar-refractivity contribution in [2.45, 2.75) is 25.9 Å². The molecule has 0 bridgehead atoms. The summed E-state index contributed by atoms with van der Waals surface area (Å²) in [6.45, 7) is 5.85. The van der Waals surface area contributed by atoms with Gasteiger partial charge in [-0.05, 0) is 32.0 Å². The third-order valence-electron chi connectivity index (χ3n) is 3.87. The Bertz CT molecular complexity index is 619. The van der Waals surface area contributed by atoms with Crippen LogP contribution in [0.3, 0.4) is 0 Å². The molecule has 2 heterocycles. The molecular weight excluding hydrogens is 329 g/mol. The molecule has 1 saturated heterocycles. The fourth-order valence-electron chi connectivity index (χ4n) is 2.50. The number of carbonyl (C=O) groups excluding carboxylic acids is 1. The molecule has 2 atom stereocenters. The number of hydrogen-bond donors (Lipinski definition) is 1. The molecule has 3 rings (SSSR count). The van der Waals surface area contributed by atoms with Gasteiger partial charge in [-0.15, -0.1) is 36.2 Å². The van der Waals surface area contributed by atoms with Gasteiger partial charge in [-0.2, -0.15) is 0 Å². The summed E-state index contributed by atoms with van der Waals surface area (Å²) in [5.41, 5.74) is 3.54. The Hall–Kier alpha value is -0.880. The summed E-state index contributed by atoms with van der Waals surface area (Å²) >= 11 is 1.57. The molecule has 1 fully saturated rings. The van der Waals surface area contributed by atoms with E-state index < -0.39 is 0 Å². The average Bonchev–Trinajstić information content (AvgIpc) is 2.88. The summed E-state index contributed by atoms with van der Waals surface area (Å²) in [5.74, 6) is 0.121. The van der Waals surface area contributed by atoms with Crippen LogP contribution in [0, 0.1) is 0 Å². The van der Waals surface area contributed by atoms with Crippen LogP contribution in [-0.2, 0) is 0 Å². The molecule has 1 aliphatic heterocycles. The van der Waals surface area contributed by atoms with E-state index in [1.807, 2.05) is 28.6 Å². The molecule has 0 radical (unpaired) electrons. The van der Waals surface area contributed by atoms with Crippen LogP contribution < -0.4 is 5.32 Å². The van der Waals surface area contributed by atoms with Gasteiger partial charge in [-0.1, -0.05) is 0 Å². The lowest BCUT2D eigenvalue weighted by atomic mass is 10.1. The van der Waals surface area contributed by atoms with E-state index in [0.717, 1.165) is 28.9 Å².